The van der Waals surface area contributed by atoms with Crippen molar-refractivity contribution >= 4 is 17.7 Å². The highest BCUT2D eigenvalue weighted by Crippen LogP contribution is 2.13. The number of rotatable bonds is 2. The van der Waals surface area contributed by atoms with Crippen molar-refractivity contribution in [3.63, 3.8) is 0 Å². The van der Waals surface area contributed by atoms with Gasteiger partial charge in [0.05, 0.1) is 5.56 Å². The summed E-state index contributed by atoms with van der Waals surface area (Å²) in [5.74, 6) is -0.976. The van der Waals surface area contributed by atoms with Crippen LogP contribution in [0.15, 0.2) is 24.3 Å². The van der Waals surface area contributed by atoms with E-state index in [-0.39, 0.29) is 17.6 Å². The number of urea groups is 1. The zero-order valence-corrected chi connectivity index (χ0v) is 11.7. The van der Waals surface area contributed by atoms with Crippen LogP contribution in [0.3, 0.4) is 0 Å². The van der Waals surface area contributed by atoms with Gasteiger partial charge in [0.2, 0.25) is 0 Å². The number of likely N-dealkylation sites (N-methyl/N-ethyl adjacent to an activating group) is 1. The molecule has 1 unspecified atom stereocenters. The summed E-state index contributed by atoms with van der Waals surface area (Å²) in [6, 6.07) is 6.17. The molecule has 0 aromatic heterocycles. The maximum Gasteiger partial charge on any atom is 0.335 e. The number of nitrogens with zero attached hydrogens (tertiary/aromatic N) is 2. The number of benzene rings is 1. The van der Waals surface area contributed by atoms with Gasteiger partial charge < -0.3 is 20.2 Å². The predicted molar refractivity (Wildman–Crippen MR) is 76.1 cm³/mol. The van der Waals surface area contributed by atoms with Gasteiger partial charge in [-0.15, -0.1) is 0 Å². The van der Waals surface area contributed by atoms with Crippen molar-refractivity contribution in [1.82, 2.24) is 9.80 Å². The van der Waals surface area contributed by atoms with E-state index in [0.717, 1.165) is 13.1 Å². The molecular weight excluding hydrogens is 258 g/mol. The average molecular weight is 277 g/mol. The second-order valence-corrected chi connectivity index (χ2v) is 5.12. The fraction of sp³-hybridized carbons (Fsp3) is 0.429. The molecule has 1 aromatic carbocycles. The molecule has 6 nitrogen and oxygen atoms in total. The summed E-state index contributed by atoms with van der Waals surface area (Å²) < 4.78 is 0. The maximum atomic E-state index is 12.2. The van der Waals surface area contributed by atoms with Gasteiger partial charge in [-0.3, -0.25) is 0 Å². The molecule has 1 fully saturated rings. The Balaban J connectivity index is 1.99. The molecule has 108 valence electrons. The Kier molecular flexibility index (Phi) is 4.24. The topological polar surface area (TPSA) is 72.9 Å². The first-order valence-electron chi connectivity index (χ1n) is 6.57. The van der Waals surface area contributed by atoms with Gasteiger partial charge in [-0.25, -0.2) is 9.59 Å². The minimum Gasteiger partial charge on any atom is -0.478 e. The lowest BCUT2D eigenvalue weighted by atomic mass is 10.2. The van der Waals surface area contributed by atoms with Crippen LogP contribution in [-0.4, -0.2) is 59.6 Å². The number of anilines is 1. The predicted octanol–water partition coefficient (Wildman–Crippen LogP) is 1.55. The average Bonchev–Trinajstić information content (AvgIpc) is 2.39. The van der Waals surface area contributed by atoms with Gasteiger partial charge in [-0.05, 0) is 38.2 Å². The first kappa shape index (κ1) is 14.3. The molecule has 0 bridgehead atoms. The molecule has 1 heterocycles. The third-order valence-electron chi connectivity index (χ3n) is 3.47. The van der Waals surface area contributed by atoms with Gasteiger partial charge >= 0.3 is 12.0 Å². The van der Waals surface area contributed by atoms with E-state index in [2.05, 4.69) is 10.2 Å². The largest absolute Gasteiger partial charge is 0.478 e. The normalized spacial score (nSPS) is 19.7. The fourth-order valence-electron chi connectivity index (χ4n) is 2.33. The second-order valence-electron chi connectivity index (χ2n) is 5.12. The zero-order valence-electron chi connectivity index (χ0n) is 11.7. The molecule has 1 atom stereocenters. The van der Waals surface area contributed by atoms with E-state index in [4.69, 9.17) is 5.11 Å². The highest BCUT2D eigenvalue weighted by Gasteiger charge is 2.25. The number of carbonyl (C=O) groups is 2. The summed E-state index contributed by atoms with van der Waals surface area (Å²) in [7, 11) is 2.04. The summed E-state index contributed by atoms with van der Waals surface area (Å²) in [6.07, 6.45) is 0. The van der Waals surface area contributed by atoms with Crippen LogP contribution in [0.1, 0.15) is 17.3 Å². The molecule has 20 heavy (non-hydrogen) atoms. The van der Waals surface area contributed by atoms with E-state index in [0.29, 0.717) is 12.2 Å². The number of hydrogen-bond donors (Lipinski definition) is 2. The Hall–Kier alpha value is -2.08. The van der Waals surface area contributed by atoms with E-state index in [1.54, 1.807) is 17.0 Å². The molecule has 2 N–H and O–H groups in total. The number of carbonyl (C=O) groups excluding carboxylic acids is 1. The Morgan fingerprint density at radius 2 is 1.90 bits per heavy atom. The molecule has 0 radical (unpaired) electrons. The van der Waals surface area contributed by atoms with Gasteiger partial charge in [0, 0.05) is 31.4 Å². The summed E-state index contributed by atoms with van der Waals surface area (Å²) in [5, 5.41) is 11.6. The van der Waals surface area contributed by atoms with E-state index in [9.17, 15) is 9.59 Å². The molecule has 2 rings (SSSR count). The Morgan fingerprint density at radius 1 is 1.25 bits per heavy atom. The van der Waals surface area contributed by atoms with Crippen LogP contribution in [-0.2, 0) is 0 Å². The van der Waals surface area contributed by atoms with E-state index in [1.807, 2.05) is 14.0 Å². The summed E-state index contributed by atoms with van der Waals surface area (Å²) in [5.41, 5.74) is 0.807. The lowest BCUT2D eigenvalue weighted by Crippen LogP contribution is -2.53. The van der Waals surface area contributed by atoms with Gasteiger partial charge in [0.15, 0.2) is 0 Å². The number of carboxylic acid groups (broad SMARTS) is 1. The fourth-order valence-corrected chi connectivity index (χ4v) is 2.33. The number of piperazine rings is 1. The maximum absolute atomic E-state index is 12.2. The minimum atomic E-state index is -0.976. The second kappa shape index (κ2) is 5.92. The monoisotopic (exact) mass is 277 g/mol. The summed E-state index contributed by atoms with van der Waals surface area (Å²) in [6.45, 7) is 4.42. The SMILES string of the molecule is CC1CN(C)CCN1C(=O)Nc1ccc(C(=O)O)cc1. The Labute approximate surface area is 118 Å². The molecule has 0 saturated carbocycles. The molecule has 2 amide bonds. The third-order valence-corrected chi connectivity index (χ3v) is 3.47. The van der Waals surface area contributed by atoms with Crippen molar-refractivity contribution in [3.8, 4) is 0 Å². The van der Waals surface area contributed by atoms with Gasteiger partial charge in [-0.2, -0.15) is 0 Å². The third kappa shape index (κ3) is 3.27. The smallest absolute Gasteiger partial charge is 0.335 e. The molecule has 6 heteroatoms. The highest BCUT2D eigenvalue weighted by atomic mass is 16.4. The van der Waals surface area contributed by atoms with Crippen LogP contribution in [0.25, 0.3) is 0 Å². The molecular formula is C14H19N3O3. The molecule has 1 aliphatic heterocycles. The Morgan fingerprint density at radius 3 is 2.45 bits per heavy atom. The van der Waals surface area contributed by atoms with Gasteiger partial charge in [0.1, 0.15) is 0 Å². The standard InChI is InChI=1S/C14H19N3O3/c1-10-9-16(2)7-8-17(10)14(20)15-12-5-3-11(4-6-12)13(18)19/h3-6,10H,7-9H2,1-2H3,(H,15,20)(H,18,19). The van der Waals surface area contributed by atoms with Gasteiger partial charge in [0.25, 0.3) is 0 Å². The lowest BCUT2D eigenvalue weighted by Gasteiger charge is -2.38. The van der Waals surface area contributed by atoms with Crippen molar-refractivity contribution < 1.29 is 14.7 Å². The van der Waals surface area contributed by atoms with Gasteiger partial charge in [-0.1, -0.05) is 0 Å². The van der Waals surface area contributed by atoms with Crippen LogP contribution >= 0.6 is 0 Å². The quantitative estimate of drug-likeness (QED) is 0.860. The first-order chi connectivity index (χ1) is 9.47. The number of carboxylic acids is 1. The Bertz CT molecular complexity index is 501. The summed E-state index contributed by atoms with van der Waals surface area (Å²) in [4.78, 5) is 26.9. The molecule has 1 saturated heterocycles. The molecule has 0 aliphatic carbocycles. The number of nitrogens with one attached hydrogen (secondary N) is 1. The van der Waals surface area contributed by atoms with Crippen LogP contribution < -0.4 is 5.32 Å². The van der Waals surface area contributed by atoms with E-state index in [1.165, 1.54) is 12.1 Å². The van der Waals surface area contributed by atoms with Crippen molar-refractivity contribution in [2.75, 3.05) is 32.0 Å². The number of hydrogen-bond acceptors (Lipinski definition) is 3. The number of aromatic carboxylic acids is 1. The van der Waals surface area contributed by atoms with Crippen molar-refractivity contribution in [2.24, 2.45) is 0 Å². The highest BCUT2D eigenvalue weighted by molar-refractivity contribution is 5.91. The molecule has 1 aliphatic rings. The van der Waals surface area contributed by atoms with E-state index < -0.39 is 5.97 Å². The number of amides is 2. The van der Waals surface area contributed by atoms with Crippen molar-refractivity contribution in [3.05, 3.63) is 29.8 Å². The minimum absolute atomic E-state index is 0.145. The van der Waals surface area contributed by atoms with Crippen molar-refractivity contribution in [1.29, 1.82) is 0 Å². The zero-order chi connectivity index (χ0) is 14.7. The van der Waals surface area contributed by atoms with Crippen LogP contribution in [0.2, 0.25) is 0 Å². The first-order valence-corrected chi connectivity index (χ1v) is 6.57. The van der Waals surface area contributed by atoms with E-state index >= 15 is 0 Å². The molecule has 0 spiro atoms. The van der Waals surface area contributed by atoms with Crippen LogP contribution in [0, 0.1) is 0 Å². The van der Waals surface area contributed by atoms with Crippen LogP contribution in [0.5, 0.6) is 0 Å². The van der Waals surface area contributed by atoms with Crippen molar-refractivity contribution in [2.45, 2.75) is 13.0 Å². The van der Waals surface area contributed by atoms with Crippen LogP contribution in [0.4, 0.5) is 10.5 Å². The summed E-state index contributed by atoms with van der Waals surface area (Å²) >= 11 is 0. The molecule has 1 aromatic rings. The lowest BCUT2D eigenvalue weighted by molar-refractivity contribution is 0.0697.